The van der Waals surface area contributed by atoms with E-state index in [2.05, 4.69) is 15.3 Å². The number of aromatic nitrogens is 2. The van der Waals surface area contributed by atoms with Crippen LogP contribution in [0.2, 0.25) is 0 Å². The summed E-state index contributed by atoms with van der Waals surface area (Å²) in [6, 6.07) is 22.0. The van der Waals surface area contributed by atoms with E-state index in [1.54, 1.807) is 47.4 Å². The van der Waals surface area contributed by atoms with Crippen molar-refractivity contribution in [1.29, 1.82) is 0 Å². The fourth-order valence-corrected chi connectivity index (χ4v) is 4.47. The Balaban J connectivity index is 0.00000320. The Morgan fingerprint density at radius 3 is 2.46 bits per heavy atom. The molecule has 0 aliphatic carbocycles. The van der Waals surface area contributed by atoms with E-state index in [4.69, 9.17) is 4.74 Å². The second-order valence-corrected chi connectivity index (χ2v) is 9.06. The van der Waals surface area contributed by atoms with Crippen LogP contribution in [0.15, 0.2) is 72.8 Å². The molecule has 2 heterocycles. The number of carbonyl (C=O) groups is 2. The molecule has 0 spiro atoms. The van der Waals surface area contributed by atoms with Crippen molar-refractivity contribution in [3.05, 3.63) is 95.4 Å². The van der Waals surface area contributed by atoms with Crippen molar-refractivity contribution >= 4 is 35.6 Å². The normalized spacial score (nSPS) is 12.2. The van der Waals surface area contributed by atoms with Crippen molar-refractivity contribution in [2.45, 2.75) is 33.3 Å². The van der Waals surface area contributed by atoms with Crippen LogP contribution in [0, 0.1) is 6.92 Å². The first-order valence-electron chi connectivity index (χ1n) is 12.0. The Morgan fingerprint density at radius 2 is 1.70 bits per heavy atom. The molecule has 5 rings (SSSR count). The average Bonchev–Trinajstić information content (AvgIpc) is 3.17. The molecule has 1 aliphatic rings. The molecule has 0 radical (unpaired) electrons. The van der Waals surface area contributed by atoms with Crippen LogP contribution in [0.4, 0.5) is 11.4 Å². The number of para-hydroxylation sites is 2. The van der Waals surface area contributed by atoms with Gasteiger partial charge in [0.05, 0.1) is 28.7 Å². The first kappa shape index (κ1) is 26.0. The summed E-state index contributed by atoms with van der Waals surface area (Å²) in [4.78, 5) is 36.2. The van der Waals surface area contributed by atoms with E-state index in [1.807, 2.05) is 51.1 Å². The van der Waals surface area contributed by atoms with E-state index < -0.39 is 0 Å². The number of benzene rings is 3. The smallest absolute Gasteiger partial charge is 0.259 e. The van der Waals surface area contributed by atoms with Gasteiger partial charge < -0.3 is 19.9 Å². The van der Waals surface area contributed by atoms with Gasteiger partial charge in [-0.1, -0.05) is 30.3 Å². The molecule has 37 heavy (non-hydrogen) atoms. The fraction of sp³-hybridized carbons (Fsp3) is 0.207. The number of aryl methyl sites for hydroxylation is 1. The molecule has 8 heteroatoms. The number of anilines is 2. The number of ether oxygens (including phenoxy) is 1. The summed E-state index contributed by atoms with van der Waals surface area (Å²) in [5.74, 6) is 1.03. The quantitative estimate of drug-likeness (QED) is 0.338. The largest absolute Gasteiger partial charge is 0.490 e. The zero-order valence-electron chi connectivity index (χ0n) is 20.9. The van der Waals surface area contributed by atoms with Crippen LogP contribution in [-0.4, -0.2) is 34.4 Å². The summed E-state index contributed by atoms with van der Waals surface area (Å²) in [6.07, 6.45) is 0.614. The van der Waals surface area contributed by atoms with Crippen LogP contribution in [0.3, 0.4) is 0 Å². The Kier molecular flexibility index (Phi) is 7.64. The number of nitrogens with one attached hydrogen (secondary N) is 2. The number of amides is 2. The fourth-order valence-electron chi connectivity index (χ4n) is 4.47. The van der Waals surface area contributed by atoms with Gasteiger partial charge in [0.1, 0.15) is 11.6 Å². The van der Waals surface area contributed by atoms with E-state index in [0.29, 0.717) is 35.5 Å². The van der Waals surface area contributed by atoms with Gasteiger partial charge >= 0.3 is 0 Å². The molecule has 1 aromatic heterocycles. The average molecular weight is 517 g/mol. The highest BCUT2D eigenvalue weighted by molar-refractivity contribution is 6.09. The summed E-state index contributed by atoms with van der Waals surface area (Å²) in [7, 11) is 0. The van der Waals surface area contributed by atoms with Crippen LogP contribution in [0.1, 0.15) is 46.1 Å². The number of fused-ring (bicyclic) bond motifs is 3. The molecular weight excluding hydrogens is 488 g/mol. The van der Waals surface area contributed by atoms with Crippen LogP contribution in [0.25, 0.3) is 11.3 Å². The molecule has 0 saturated heterocycles. The second kappa shape index (κ2) is 10.9. The van der Waals surface area contributed by atoms with Gasteiger partial charge in [-0.2, -0.15) is 0 Å². The third-order valence-electron chi connectivity index (χ3n) is 6.06. The lowest BCUT2D eigenvalue weighted by molar-refractivity contribution is 0.0986. The van der Waals surface area contributed by atoms with Crippen LogP contribution >= 0.6 is 12.4 Å². The molecule has 0 bridgehead atoms. The Hall–Kier alpha value is -4.10. The molecular formula is C29H29ClN4O3. The van der Waals surface area contributed by atoms with Crippen LogP contribution in [0.5, 0.6) is 5.75 Å². The number of imidazole rings is 1. The standard InChI is InChI=1S/C29H28N4O3.ClH/c1-18(2)36-26-11-7-5-9-23(26)28(34)32-21-14-12-20(13-15-21)29(35)33-17-16-24-27(31-19(3)30-24)22-8-4-6-10-25(22)33;/h4-15,18H,16-17H2,1-3H3,(H,30,31)(H,32,34);1H. The van der Waals surface area contributed by atoms with Gasteiger partial charge in [-0.05, 0) is 63.2 Å². The highest BCUT2D eigenvalue weighted by Crippen LogP contribution is 2.35. The van der Waals surface area contributed by atoms with E-state index in [-0.39, 0.29) is 30.3 Å². The molecule has 2 amide bonds. The number of aromatic amines is 1. The predicted octanol–water partition coefficient (Wildman–Crippen LogP) is 6.05. The first-order valence-corrected chi connectivity index (χ1v) is 12.0. The molecule has 0 fully saturated rings. The predicted molar refractivity (Wildman–Crippen MR) is 148 cm³/mol. The number of hydrogen-bond acceptors (Lipinski definition) is 4. The zero-order chi connectivity index (χ0) is 25.2. The van der Waals surface area contributed by atoms with Gasteiger partial charge in [0.15, 0.2) is 0 Å². The number of rotatable bonds is 5. The van der Waals surface area contributed by atoms with Gasteiger partial charge in [0.2, 0.25) is 0 Å². The summed E-state index contributed by atoms with van der Waals surface area (Å²) in [5, 5.41) is 2.90. The van der Waals surface area contributed by atoms with E-state index in [0.717, 1.165) is 28.5 Å². The minimum absolute atomic E-state index is 0. The molecule has 0 saturated carbocycles. The number of halogens is 1. The maximum atomic E-state index is 13.5. The van der Waals surface area contributed by atoms with Crippen molar-refractivity contribution in [2.75, 3.05) is 16.8 Å². The number of H-pyrrole nitrogens is 1. The zero-order valence-corrected chi connectivity index (χ0v) is 21.8. The maximum Gasteiger partial charge on any atom is 0.259 e. The monoisotopic (exact) mass is 516 g/mol. The molecule has 2 N–H and O–H groups in total. The first-order chi connectivity index (χ1) is 17.4. The maximum absolute atomic E-state index is 13.5. The lowest BCUT2D eigenvalue weighted by Gasteiger charge is -2.23. The van der Waals surface area contributed by atoms with Crippen molar-refractivity contribution in [3.8, 4) is 17.0 Å². The topological polar surface area (TPSA) is 87.3 Å². The minimum atomic E-state index is -0.268. The van der Waals surface area contributed by atoms with Crippen molar-refractivity contribution in [3.63, 3.8) is 0 Å². The lowest BCUT2D eigenvalue weighted by Crippen LogP contribution is -2.32. The molecule has 0 atom stereocenters. The Bertz CT molecular complexity index is 1430. The van der Waals surface area contributed by atoms with E-state index in [9.17, 15) is 9.59 Å². The van der Waals surface area contributed by atoms with Gasteiger partial charge in [0.25, 0.3) is 11.8 Å². The van der Waals surface area contributed by atoms with Gasteiger partial charge in [-0.3, -0.25) is 9.59 Å². The Morgan fingerprint density at radius 1 is 1.00 bits per heavy atom. The third-order valence-corrected chi connectivity index (χ3v) is 6.06. The molecule has 3 aromatic carbocycles. The molecule has 4 aromatic rings. The summed E-state index contributed by atoms with van der Waals surface area (Å²) in [5.41, 5.74) is 5.35. The summed E-state index contributed by atoms with van der Waals surface area (Å²) >= 11 is 0. The number of carbonyl (C=O) groups excluding carboxylic acids is 2. The molecule has 1 aliphatic heterocycles. The highest BCUT2D eigenvalue weighted by atomic mass is 35.5. The van der Waals surface area contributed by atoms with E-state index in [1.165, 1.54) is 0 Å². The van der Waals surface area contributed by atoms with Gasteiger partial charge in [-0.15, -0.1) is 12.4 Å². The van der Waals surface area contributed by atoms with Gasteiger partial charge in [0, 0.05) is 29.8 Å². The van der Waals surface area contributed by atoms with Crippen LogP contribution in [-0.2, 0) is 6.42 Å². The number of nitrogens with zero attached hydrogens (tertiary/aromatic N) is 2. The molecule has 190 valence electrons. The van der Waals surface area contributed by atoms with E-state index >= 15 is 0 Å². The summed E-state index contributed by atoms with van der Waals surface area (Å²) < 4.78 is 5.77. The SMILES string of the molecule is Cc1nc2c([nH]1)-c1ccccc1N(C(=O)c1ccc(NC(=O)c3ccccc3OC(C)C)cc1)CC2.Cl. The van der Waals surface area contributed by atoms with Crippen molar-refractivity contribution < 1.29 is 14.3 Å². The Labute approximate surface area is 222 Å². The molecule has 0 unspecified atom stereocenters. The number of hydrogen-bond donors (Lipinski definition) is 2. The summed E-state index contributed by atoms with van der Waals surface area (Å²) in [6.45, 7) is 6.30. The third kappa shape index (κ3) is 5.37. The van der Waals surface area contributed by atoms with Crippen molar-refractivity contribution in [1.82, 2.24) is 9.97 Å². The second-order valence-electron chi connectivity index (χ2n) is 9.06. The highest BCUT2D eigenvalue weighted by Gasteiger charge is 2.26. The van der Waals surface area contributed by atoms with Crippen molar-refractivity contribution in [2.24, 2.45) is 0 Å². The van der Waals surface area contributed by atoms with Crippen LogP contribution < -0.4 is 15.0 Å². The molecule has 7 nitrogen and oxygen atoms in total. The lowest BCUT2D eigenvalue weighted by atomic mass is 10.1. The minimum Gasteiger partial charge on any atom is -0.490 e. The van der Waals surface area contributed by atoms with Gasteiger partial charge in [-0.25, -0.2) is 4.98 Å².